The largest absolute Gasteiger partial charge is 0.344 e. The molecule has 5 nitrogen and oxygen atoms in total. The van der Waals surface area contributed by atoms with Crippen LogP contribution in [0.15, 0.2) is 6.33 Å². The highest BCUT2D eigenvalue weighted by molar-refractivity contribution is 7.71. The summed E-state index contributed by atoms with van der Waals surface area (Å²) < 4.78 is 2.54. The topological polar surface area (TPSA) is 53.9 Å². The first kappa shape index (κ1) is 9.39. The van der Waals surface area contributed by atoms with Gasteiger partial charge in [0.2, 0.25) is 5.91 Å². The van der Waals surface area contributed by atoms with Crippen molar-refractivity contribution in [3.63, 3.8) is 0 Å². The second-order valence-electron chi connectivity index (χ2n) is 3.54. The van der Waals surface area contributed by atoms with Crippen LogP contribution in [0.4, 0.5) is 0 Å². The molecule has 1 unspecified atom stereocenters. The molecule has 1 saturated heterocycles. The molecule has 14 heavy (non-hydrogen) atoms. The first-order valence-electron chi connectivity index (χ1n) is 4.54. The molecule has 0 aliphatic carbocycles. The number of carbonyl (C=O) groups excluding carboxylic acids is 1. The van der Waals surface area contributed by atoms with Crippen LogP contribution in [-0.4, -0.2) is 39.2 Å². The molecule has 1 N–H and O–H groups in total. The van der Waals surface area contributed by atoms with Gasteiger partial charge < -0.3 is 9.47 Å². The van der Waals surface area contributed by atoms with E-state index in [0.29, 0.717) is 17.7 Å². The third-order valence-corrected chi connectivity index (χ3v) is 2.87. The second-order valence-corrected chi connectivity index (χ2v) is 3.92. The molecule has 2 heterocycles. The summed E-state index contributed by atoms with van der Waals surface area (Å²) in [5, 5.41) is 6.59. The minimum absolute atomic E-state index is 0.205. The predicted octanol–water partition coefficient (Wildman–Crippen LogP) is 0.734. The zero-order chi connectivity index (χ0) is 10.1. The van der Waals surface area contributed by atoms with Gasteiger partial charge in [0.25, 0.3) is 0 Å². The molecule has 6 heteroatoms. The predicted molar refractivity (Wildman–Crippen MR) is 53.3 cm³/mol. The highest BCUT2D eigenvalue weighted by atomic mass is 32.1. The number of rotatable bonds is 1. The molecule has 1 atom stereocenters. The number of aromatic nitrogens is 3. The average Bonchev–Trinajstić information content (AvgIpc) is 2.57. The molecule has 1 amide bonds. The normalized spacial score (nSPS) is 22.8. The molecule has 1 fully saturated rings. The molecular formula is C8H12N4OS. The van der Waals surface area contributed by atoms with Crippen LogP contribution in [0.1, 0.15) is 18.9 Å². The number of carbonyl (C=O) groups is 1. The van der Waals surface area contributed by atoms with Crippen molar-refractivity contribution >= 4 is 18.1 Å². The second kappa shape index (κ2) is 3.53. The summed E-state index contributed by atoms with van der Waals surface area (Å²) in [5.74, 6) is 0.205. The van der Waals surface area contributed by atoms with Crippen molar-refractivity contribution in [3.8, 4) is 0 Å². The van der Waals surface area contributed by atoms with Crippen LogP contribution in [0.3, 0.4) is 0 Å². The van der Waals surface area contributed by atoms with E-state index >= 15 is 0 Å². The lowest BCUT2D eigenvalue weighted by Gasteiger charge is -2.29. The number of piperidine rings is 1. The Bertz CT molecular complexity index is 396. The number of nitrogens with one attached hydrogen (secondary N) is 1. The Hall–Kier alpha value is -1.17. The van der Waals surface area contributed by atoms with Gasteiger partial charge in [0.15, 0.2) is 4.77 Å². The molecule has 0 aromatic carbocycles. The lowest BCUT2D eigenvalue weighted by Crippen LogP contribution is -2.37. The van der Waals surface area contributed by atoms with Gasteiger partial charge in [-0.3, -0.25) is 9.89 Å². The fourth-order valence-corrected chi connectivity index (χ4v) is 1.98. The van der Waals surface area contributed by atoms with Gasteiger partial charge >= 0.3 is 0 Å². The van der Waals surface area contributed by atoms with Crippen molar-refractivity contribution in [1.82, 2.24) is 19.7 Å². The Labute approximate surface area is 86.7 Å². The van der Waals surface area contributed by atoms with Gasteiger partial charge in [0, 0.05) is 20.0 Å². The van der Waals surface area contributed by atoms with Gasteiger partial charge in [-0.05, 0) is 18.6 Å². The van der Waals surface area contributed by atoms with Gasteiger partial charge in [0.05, 0.1) is 6.04 Å². The maximum atomic E-state index is 11.3. The number of amides is 1. The summed E-state index contributed by atoms with van der Waals surface area (Å²) in [6.07, 6.45) is 3.13. The Balaban J connectivity index is 2.18. The lowest BCUT2D eigenvalue weighted by molar-refractivity contribution is -0.132. The van der Waals surface area contributed by atoms with Crippen LogP contribution in [0.2, 0.25) is 0 Å². The maximum Gasteiger partial charge on any atom is 0.222 e. The summed E-state index contributed by atoms with van der Waals surface area (Å²) in [4.78, 5) is 13.0. The van der Waals surface area contributed by atoms with Crippen LogP contribution in [0, 0.1) is 4.77 Å². The molecule has 0 saturated carbocycles. The Morgan fingerprint density at radius 3 is 3.07 bits per heavy atom. The SMILES string of the molecule is CN1CC(n2cn[nH]c2=S)CCC1=O. The smallest absolute Gasteiger partial charge is 0.222 e. The molecule has 1 aliphatic heterocycles. The summed E-state index contributed by atoms with van der Waals surface area (Å²) in [6.45, 7) is 0.715. The molecule has 0 bridgehead atoms. The number of H-pyrrole nitrogens is 1. The number of aromatic amines is 1. The molecule has 1 aromatic heterocycles. The van der Waals surface area contributed by atoms with Crippen LogP contribution in [0.5, 0.6) is 0 Å². The summed E-state index contributed by atoms with van der Waals surface area (Å²) in [7, 11) is 1.82. The van der Waals surface area contributed by atoms with Crippen LogP contribution >= 0.6 is 12.2 Å². The van der Waals surface area contributed by atoms with E-state index in [9.17, 15) is 4.79 Å². The number of likely N-dealkylation sites (N-methyl/N-ethyl adjacent to an activating group) is 1. The number of nitrogens with zero attached hydrogens (tertiary/aromatic N) is 3. The molecular weight excluding hydrogens is 200 g/mol. The third-order valence-electron chi connectivity index (χ3n) is 2.57. The van der Waals surface area contributed by atoms with Crippen molar-refractivity contribution in [2.24, 2.45) is 0 Å². The van der Waals surface area contributed by atoms with Crippen LogP contribution in [-0.2, 0) is 4.79 Å². The van der Waals surface area contributed by atoms with Crippen molar-refractivity contribution in [1.29, 1.82) is 0 Å². The maximum absolute atomic E-state index is 11.3. The Morgan fingerprint density at radius 2 is 2.50 bits per heavy atom. The van der Waals surface area contributed by atoms with E-state index < -0.39 is 0 Å². The standard InChI is InChI=1S/C8H12N4OS/c1-11-4-6(2-3-7(11)13)12-5-9-10-8(12)14/h5-6H,2-4H2,1H3,(H,10,14). The lowest BCUT2D eigenvalue weighted by atomic mass is 10.1. The summed E-state index contributed by atoms with van der Waals surface area (Å²) in [5.41, 5.74) is 0. The van der Waals surface area contributed by atoms with E-state index in [0.717, 1.165) is 6.42 Å². The highest BCUT2D eigenvalue weighted by Gasteiger charge is 2.24. The highest BCUT2D eigenvalue weighted by Crippen LogP contribution is 2.20. The average molecular weight is 212 g/mol. The monoisotopic (exact) mass is 212 g/mol. The fourth-order valence-electron chi connectivity index (χ4n) is 1.73. The van der Waals surface area contributed by atoms with E-state index in [-0.39, 0.29) is 11.9 Å². The molecule has 1 aromatic rings. The quantitative estimate of drug-likeness (QED) is 0.698. The number of hydrogen-bond acceptors (Lipinski definition) is 3. The van der Waals surface area contributed by atoms with Gasteiger partial charge in [-0.25, -0.2) is 0 Å². The third kappa shape index (κ3) is 1.57. The van der Waals surface area contributed by atoms with Crippen molar-refractivity contribution in [2.75, 3.05) is 13.6 Å². The minimum Gasteiger partial charge on any atom is -0.344 e. The molecule has 1 aliphatic rings. The first-order chi connectivity index (χ1) is 6.68. The Morgan fingerprint density at radius 1 is 1.71 bits per heavy atom. The van der Waals surface area contributed by atoms with Gasteiger partial charge in [-0.1, -0.05) is 0 Å². The van der Waals surface area contributed by atoms with Crippen LogP contribution in [0.25, 0.3) is 0 Å². The molecule has 2 rings (SSSR count). The molecule has 0 spiro atoms. The number of likely N-dealkylation sites (tertiary alicyclic amines) is 1. The Kier molecular flexibility index (Phi) is 2.37. The van der Waals surface area contributed by atoms with Gasteiger partial charge in [-0.15, -0.1) is 0 Å². The molecule has 0 radical (unpaired) electrons. The van der Waals surface area contributed by atoms with E-state index in [4.69, 9.17) is 12.2 Å². The summed E-state index contributed by atoms with van der Waals surface area (Å²) >= 11 is 5.08. The van der Waals surface area contributed by atoms with E-state index in [1.807, 2.05) is 11.6 Å². The van der Waals surface area contributed by atoms with E-state index in [1.165, 1.54) is 0 Å². The first-order valence-corrected chi connectivity index (χ1v) is 4.95. The van der Waals surface area contributed by atoms with Crippen LogP contribution < -0.4 is 0 Å². The van der Waals surface area contributed by atoms with Gasteiger partial charge in [-0.2, -0.15) is 5.10 Å². The van der Waals surface area contributed by atoms with E-state index in [1.54, 1.807) is 11.2 Å². The zero-order valence-electron chi connectivity index (χ0n) is 7.93. The fraction of sp³-hybridized carbons (Fsp3) is 0.625. The summed E-state index contributed by atoms with van der Waals surface area (Å²) in [6, 6.07) is 0.268. The van der Waals surface area contributed by atoms with Crippen molar-refractivity contribution in [3.05, 3.63) is 11.1 Å². The minimum atomic E-state index is 0.205. The van der Waals surface area contributed by atoms with Gasteiger partial charge in [0.1, 0.15) is 6.33 Å². The van der Waals surface area contributed by atoms with Crippen molar-refractivity contribution in [2.45, 2.75) is 18.9 Å². The number of hydrogen-bond donors (Lipinski definition) is 1. The van der Waals surface area contributed by atoms with E-state index in [2.05, 4.69) is 10.2 Å². The van der Waals surface area contributed by atoms with Crippen molar-refractivity contribution < 1.29 is 4.79 Å². The zero-order valence-corrected chi connectivity index (χ0v) is 8.75. The molecule has 76 valence electrons.